The van der Waals surface area contributed by atoms with Crippen molar-refractivity contribution >= 4 is 6.08 Å². The summed E-state index contributed by atoms with van der Waals surface area (Å²) in [5.41, 5.74) is 1.07. The molecule has 0 unspecified atom stereocenters. The van der Waals surface area contributed by atoms with Crippen molar-refractivity contribution in [1.29, 1.82) is 0 Å². The lowest BCUT2D eigenvalue weighted by atomic mass is 10.0. The molecular weight excluding hydrogens is 208 g/mol. The molecule has 1 aromatic carbocycles. The fourth-order valence-corrected chi connectivity index (χ4v) is 1.56. The molecule has 88 valence electrons. The standard InChI is InChI=1S/C12H16O4/c1-5-6-8-7(2)9(13)11(15-3)12(16-4)10(8)14/h5-6,13-14H,1-4H3/b6-5+. The molecule has 1 rings (SSSR count). The Morgan fingerprint density at radius 2 is 1.50 bits per heavy atom. The zero-order valence-corrected chi connectivity index (χ0v) is 9.87. The largest absolute Gasteiger partial charge is 0.504 e. The molecule has 1 aromatic rings. The van der Waals surface area contributed by atoms with E-state index in [1.54, 1.807) is 19.1 Å². The third kappa shape index (κ3) is 1.78. The number of rotatable bonds is 3. The van der Waals surface area contributed by atoms with E-state index in [9.17, 15) is 10.2 Å². The lowest BCUT2D eigenvalue weighted by molar-refractivity contribution is 0.315. The molecule has 0 spiro atoms. The van der Waals surface area contributed by atoms with Crippen LogP contribution in [0.15, 0.2) is 6.08 Å². The van der Waals surface area contributed by atoms with E-state index in [1.807, 2.05) is 6.92 Å². The van der Waals surface area contributed by atoms with Crippen LogP contribution in [0.1, 0.15) is 18.1 Å². The van der Waals surface area contributed by atoms with Gasteiger partial charge in [-0.15, -0.1) is 0 Å². The molecule has 0 radical (unpaired) electrons. The minimum atomic E-state index is -0.0345. The van der Waals surface area contributed by atoms with Crippen LogP contribution in [0, 0.1) is 6.92 Å². The quantitative estimate of drug-likeness (QED) is 0.774. The van der Waals surface area contributed by atoms with E-state index in [-0.39, 0.29) is 23.0 Å². The fraction of sp³-hybridized carbons (Fsp3) is 0.333. The van der Waals surface area contributed by atoms with Crippen molar-refractivity contribution in [1.82, 2.24) is 0 Å². The average Bonchev–Trinajstić information content (AvgIpc) is 2.29. The first-order chi connectivity index (χ1) is 7.58. The van der Waals surface area contributed by atoms with E-state index in [4.69, 9.17) is 9.47 Å². The topological polar surface area (TPSA) is 58.9 Å². The van der Waals surface area contributed by atoms with Gasteiger partial charge in [0, 0.05) is 11.1 Å². The first-order valence-corrected chi connectivity index (χ1v) is 4.87. The van der Waals surface area contributed by atoms with E-state index >= 15 is 0 Å². The number of hydrogen-bond acceptors (Lipinski definition) is 4. The molecule has 0 heterocycles. The molecule has 0 saturated heterocycles. The van der Waals surface area contributed by atoms with Crippen molar-refractivity contribution < 1.29 is 19.7 Å². The van der Waals surface area contributed by atoms with Gasteiger partial charge in [0.2, 0.25) is 11.5 Å². The number of methoxy groups -OCH3 is 2. The van der Waals surface area contributed by atoms with E-state index < -0.39 is 0 Å². The van der Waals surface area contributed by atoms with Crippen LogP contribution >= 0.6 is 0 Å². The van der Waals surface area contributed by atoms with Crippen LogP contribution in [-0.4, -0.2) is 24.4 Å². The second kappa shape index (κ2) is 4.79. The summed E-state index contributed by atoms with van der Waals surface area (Å²) in [7, 11) is 2.82. The zero-order valence-electron chi connectivity index (χ0n) is 9.87. The van der Waals surface area contributed by atoms with Gasteiger partial charge in [-0.3, -0.25) is 0 Å². The Morgan fingerprint density at radius 3 is 1.94 bits per heavy atom. The monoisotopic (exact) mass is 224 g/mol. The molecule has 16 heavy (non-hydrogen) atoms. The maximum absolute atomic E-state index is 9.97. The number of phenols is 2. The minimum Gasteiger partial charge on any atom is -0.504 e. The molecule has 0 amide bonds. The van der Waals surface area contributed by atoms with E-state index in [1.165, 1.54) is 14.2 Å². The van der Waals surface area contributed by atoms with Crippen molar-refractivity contribution in [2.75, 3.05) is 14.2 Å². The van der Waals surface area contributed by atoms with Crippen LogP contribution in [0.25, 0.3) is 6.08 Å². The van der Waals surface area contributed by atoms with Crippen molar-refractivity contribution in [2.45, 2.75) is 13.8 Å². The summed E-state index contributed by atoms with van der Waals surface area (Å²) in [6.45, 7) is 3.53. The molecule has 0 aliphatic carbocycles. The summed E-state index contributed by atoms with van der Waals surface area (Å²) in [5.74, 6) is 0.224. The van der Waals surface area contributed by atoms with Crippen LogP contribution in [0.4, 0.5) is 0 Å². The van der Waals surface area contributed by atoms with Crippen molar-refractivity contribution in [3.8, 4) is 23.0 Å². The number of hydrogen-bond donors (Lipinski definition) is 2. The SMILES string of the molecule is C/C=C/c1c(C)c(O)c(OC)c(OC)c1O. The number of phenolic OH excluding ortho intramolecular Hbond substituents is 2. The van der Waals surface area contributed by atoms with Gasteiger partial charge in [0.25, 0.3) is 0 Å². The molecule has 0 bridgehead atoms. The van der Waals surface area contributed by atoms with Gasteiger partial charge in [-0.2, -0.15) is 0 Å². The zero-order chi connectivity index (χ0) is 12.3. The van der Waals surface area contributed by atoms with Gasteiger partial charge in [-0.1, -0.05) is 12.2 Å². The van der Waals surface area contributed by atoms with E-state index in [0.29, 0.717) is 11.1 Å². The van der Waals surface area contributed by atoms with Gasteiger partial charge >= 0.3 is 0 Å². The predicted octanol–water partition coefficient (Wildman–Crippen LogP) is 2.46. The van der Waals surface area contributed by atoms with E-state index in [0.717, 1.165) is 0 Å². The Balaban J connectivity index is 3.62. The number of ether oxygens (including phenoxy) is 2. The molecule has 4 nitrogen and oxygen atoms in total. The van der Waals surface area contributed by atoms with Crippen LogP contribution in [0.2, 0.25) is 0 Å². The second-order valence-corrected chi connectivity index (χ2v) is 3.30. The minimum absolute atomic E-state index is 0.0229. The highest BCUT2D eigenvalue weighted by Crippen LogP contribution is 2.48. The molecule has 0 saturated carbocycles. The summed E-state index contributed by atoms with van der Waals surface area (Å²) in [6.07, 6.45) is 3.47. The van der Waals surface area contributed by atoms with Gasteiger partial charge in [-0.05, 0) is 13.8 Å². The lowest BCUT2D eigenvalue weighted by Crippen LogP contribution is -1.95. The van der Waals surface area contributed by atoms with Crippen LogP contribution in [0.3, 0.4) is 0 Å². The summed E-state index contributed by atoms with van der Waals surface area (Å²) >= 11 is 0. The van der Waals surface area contributed by atoms with Gasteiger partial charge in [0.05, 0.1) is 14.2 Å². The van der Waals surface area contributed by atoms with Gasteiger partial charge in [0.15, 0.2) is 11.5 Å². The molecular formula is C12H16O4. The summed E-state index contributed by atoms with van der Waals surface area (Å²) in [5, 5.41) is 19.9. The highest BCUT2D eigenvalue weighted by molar-refractivity contribution is 5.73. The van der Waals surface area contributed by atoms with Gasteiger partial charge < -0.3 is 19.7 Å². The highest BCUT2D eigenvalue weighted by Gasteiger charge is 2.21. The second-order valence-electron chi connectivity index (χ2n) is 3.30. The Morgan fingerprint density at radius 1 is 1.00 bits per heavy atom. The maximum Gasteiger partial charge on any atom is 0.207 e. The third-order valence-electron chi connectivity index (χ3n) is 2.39. The summed E-state index contributed by atoms with van der Waals surface area (Å²) < 4.78 is 10.0. The average molecular weight is 224 g/mol. The Hall–Kier alpha value is -1.84. The van der Waals surface area contributed by atoms with Crippen LogP contribution in [-0.2, 0) is 0 Å². The van der Waals surface area contributed by atoms with Crippen molar-refractivity contribution in [3.63, 3.8) is 0 Å². The Labute approximate surface area is 94.7 Å². The Kier molecular flexibility index (Phi) is 3.66. The summed E-state index contributed by atoms with van der Waals surface area (Å²) in [6, 6.07) is 0. The van der Waals surface area contributed by atoms with Gasteiger partial charge in [-0.25, -0.2) is 0 Å². The number of benzene rings is 1. The normalized spacial score (nSPS) is 10.8. The van der Waals surface area contributed by atoms with Crippen LogP contribution < -0.4 is 9.47 Å². The first kappa shape index (κ1) is 12.2. The molecule has 0 atom stereocenters. The fourth-order valence-electron chi connectivity index (χ4n) is 1.56. The first-order valence-electron chi connectivity index (χ1n) is 4.87. The van der Waals surface area contributed by atoms with Crippen molar-refractivity contribution in [2.24, 2.45) is 0 Å². The Bertz CT molecular complexity index is 422. The highest BCUT2D eigenvalue weighted by atomic mass is 16.5. The van der Waals surface area contributed by atoms with Crippen LogP contribution in [0.5, 0.6) is 23.0 Å². The van der Waals surface area contributed by atoms with Crippen molar-refractivity contribution in [3.05, 3.63) is 17.2 Å². The summed E-state index contributed by atoms with van der Waals surface area (Å²) in [4.78, 5) is 0. The van der Waals surface area contributed by atoms with E-state index in [2.05, 4.69) is 0 Å². The molecule has 2 N–H and O–H groups in total. The smallest absolute Gasteiger partial charge is 0.207 e. The molecule has 0 fully saturated rings. The number of aromatic hydroxyl groups is 2. The lowest BCUT2D eigenvalue weighted by Gasteiger charge is -2.15. The molecule has 0 aliphatic rings. The molecule has 0 aromatic heterocycles. The maximum atomic E-state index is 9.97. The van der Waals surface area contributed by atoms with Gasteiger partial charge in [0.1, 0.15) is 0 Å². The predicted molar refractivity (Wildman–Crippen MR) is 62.3 cm³/mol. The molecule has 4 heteroatoms. The number of allylic oxidation sites excluding steroid dienone is 1. The molecule has 0 aliphatic heterocycles. The third-order valence-corrected chi connectivity index (χ3v) is 2.39.